The molecule has 5 heterocycles. The second-order valence-corrected chi connectivity index (χ2v) is 19.9. The Labute approximate surface area is 435 Å². The van der Waals surface area contributed by atoms with Crippen LogP contribution in [-0.4, -0.2) is 19.5 Å². The molecule has 7 heteroatoms. The van der Waals surface area contributed by atoms with Crippen LogP contribution in [0.25, 0.3) is 155 Å². The first-order valence-corrected chi connectivity index (χ1v) is 26.1. The van der Waals surface area contributed by atoms with Crippen molar-refractivity contribution in [1.29, 1.82) is 0 Å². The third-order valence-electron chi connectivity index (χ3n) is 15.5. The summed E-state index contributed by atoms with van der Waals surface area (Å²) < 4.78 is 22.6. The molecule has 7 nitrogen and oxygen atoms in total. The van der Waals surface area contributed by atoms with E-state index in [0.717, 1.165) is 142 Å². The molecule has 0 radical (unpaired) electrons. The van der Waals surface area contributed by atoms with E-state index in [4.69, 9.17) is 28.2 Å². The lowest BCUT2D eigenvalue weighted by Gasteiger charge is -2.15. The van der Waals surface area contributed by atoms with Gasteiger partial charge in [0.1, 0.15) is 33.5 Å². The molecule has 0 bridgehead atoms. The minimum atomic E-state index is 0.577. The number of para-hydroxylation sites is 5. The standard InChI is InChI=1S/C69H44N4O3/c1-3-16-42(17-4-1)67-70-68(43-34-32-41(33-35-43)47-23-13-26-52-49-21-8-11-29-58(49)75-65(47)52)72-69(71-67)55-27-15-31-61-62(55)56-40-44(36-39-60(56)74-61)46-37-38-53(66-63(46)54-22-9-12-30-59(54)76-66)51-25-14-24-50-48-20-7-10-28-57(48)73(64(50)51)45-18-5-2-6-19-45/h3,5,7-40H,1-2,4,6H2. The van der Waals surface area contributed by atoms with Gasteiger partial charge in [0.25, 0.3) is 0 Å². The van der Waals surface area contributed by atoms with Crippen molar-refractivity contribution in [3.63, 3.8) is 0 Å². The average Bonchev–Trinajstić information content (AvgIpc) is 4.35. The van der Waals surface area contributed by atoms with Crippen molar-refractivity contribution in [3.8, 4) is 56.2 Å². The SMILES string of the molecule is C1=CC(c2nc(-c3ccc(-c4cccc5c4oc4ccccc45)cc3)nc(-c3cccc4oc5ccc(-c6ccc(-c7cccc8c9ccccc9n(C9=CCCC=C9)c78)c7oc8ccccc8c67)cc5c34)n2)=CCC1. The maximum absolute atomic E-state index is 7.00. The number of fused-ring (bicyclic) bond motifs is 12. The highest BCUT2D eigenvalue weighted by Crippen LogP contribution is 2.47. The fourth-order valence-electron chi connectivity index (χ4n) is 12.0. The molecule has 5 aromatic heterocycles. The summed E-state index contributed by atoms with van der Waals surface area (Å²) in [5, 5.41) is 8.70. The van der Waals surface area contributed by atoms with Gasteiger partial charge in [0.15, 0.2) is 17.5 Å². The van der Waals surface area contributed by atoms with Crippen molar-refractivity contribution in [2.45, 2.75) is 25.7 Å². The highest BCUT2D eigenvalue weighted by Gasteiger charge is 2.24. The number of aromatic nitrogens is 4. The summed E-state index contributed by atoms with van der Waals surface area (Å²) in [6.45, 7) is 0. The Balaban J connectivity index is 0.853. The summed E-state index contributed by atoms with van der Waals surface area (Å²) in [4.78, 5) is 15.7. The molecule has 0 fully saturated rings. The van der Waals surface area contributed by atoms with Crippen LogP contribution in [0.5, 0.6) is 0 Å². The van der Waals surface area contributed by atoms with E-state index in [2.05, 4.69) is 193 Å². The first-order valence-electron chi connectivity index (χ1n) is 26.1. The van der Waals surface area contributed by atoms with Gasteiger partial charge in [-0.25, -0.2) is 15.0 Å². The number of rotatable bonds is 7. The molecular formula is C69H44N4O3. The molecule has 0 atom stereocenters. The second-order valence-electron chi connectivity index (χ2n) is 19.9. The van der Waals surface area contributed by atoms with Gasteiger partial charge >= 0.3 is 0 Å². The first-order chi connectivity index (χ1) is 37.7. The summed E-state index contributed by atoms with van der Waals surface area (Å²) in [5.41, 5.74) is 17.7. The zero-order valence-corrected chi connectivity index (χ0v) is 41.1. The molecule has 2 aliphatic carbocycles. The van der Waals surface area contributed by atoms with Crippen LogP contribution in [0.15, 0.2) is 232 Å². The zero-order valence-electron chi connectivity index (χ0n) is 41.1. The number of furan rings is 3. The highest BCUT2D eigenvalue weighted by atomic mass is 16.3. The van der Waals surface area contributed by atoms with Gasteiger partial charge in [0.05, 0.1) is 11.0 Å². The van der Waals surface area contributed by atoms with E-state index in [9.17, 15) is 0 Å². The summed E-state index contributed by atoms with van der Waals surface area (Å²) >= 11 is 0. The minimum Gasteiger partial charge on any atom is -0.456 e. The normalized spacial score (nSPS) is 13.9. The second kappa shape index (κ2) is 16.8. The topological polar surface area (TPSA) is 83.0 Å². The van der Waals surface area contributed by atoms with Crippen molar-refractivity contribution in [2.75, 3.05) is 0 Å². The molecule has 16 rings (SSSR count). The van der Waals surface area contributed by atoms with Gasteiger partial charge in [0.2, 0.25) is 0 Å². The average molecular weight is 977 g/mol. The summed E-state index contributed by atoms with van der Waals surface area (Å²) in [6.07, 6.45) is 17.4. The van der Waals surface area contributed by atoms with Crippen LogP contribution in [0.4, 0.5) is 0 Å². The third-order valence-corrected chi connectivity index (χ3v) is 15.5. The minimum absolute atomic E-state index is 0.577. The molecule has 0 saturated carbocycles. The summed E-state index contributed by atoms with van der Waals surface area (Å²) in [6, 6.07) is 64.0. The van der Waals surface area contributed by atoms with Gasteiger partial charge in [-0.05, 0) is 90.9 Å². The Morgan fingerprint density at radius 1 is 0.355 bits per heavy atom. The fourth-order valence-corrected chi connectivity index (χ4v) is 12.0. The van der Waals surface area contributed by atoms with E-state index in [1.165, 1.54) is 27.5 Å². The predicted octanol–water partition coefficient (Wildman–Crippen LogP) is 18.9. The van der Waals surface area contributed by atoms with Gasteiger partial charge in [-0.3, -0.25) is 0 Å². The summed E-state index contributed by atoms with van der Waals surface area (Å²) in [7, 11) is 0. The lowest BCUT2D eigenvalue weighted by Crippen LogP contribution is -2.03. The van der Waals surface area contributed by atoms with Crippen LogP contribution in [0.2, 0.25) is 0 Å². The van der Waals surface area contributed by atoms with Crippen LogP contribution in [0.3, 0.4) is 0 Å². The van der Waals surface area contributed by atoms with Gasteiger partial charge in [-0.2, -0.15) is 0 Å². The third kappa shape index (κ3) is 6.58. The zero-order chi connectivity index (χ0) is 49.8. The quantitative estimate of drug-likeness (QED) is 0.158. The van der Waals surface area contributed by atoms with Crippen LogP contribution in [-0.2, 0) is 0 Å². The maximum atomic E-state index is 7.00. The van der Waals surface area contributed by atoms with Gasteiger partial charge in [0, 0.05) is 82.2 Å². The van der Waals surface area contributed by atoms with E-state index >= 15 is 0 Å². The molecule has 0 N–H and O–H groups in total. The fraction of sp³-hybridized carbons (Fsp3) is 0.0580. The maximum Gasteiger partial charge on any atom is 0.164 e. The van der Waals surface area contributed by atoms with E-state index in [0.29, 0.717) is 17.5 Å². The molecule has 9 aromatic carbocycles. The first kappa shape index (κ1) is 42.6. The smallest absolute Gasteiger partial charge is 0.164 e. The number of nitrogens with zero attached hydrogens (tertiary/aromatic N) is 4. The number of hydrogen-bond acceptors (Lipinski definition) is 6. The molecule has 76 heavy (non-hydrogen) atoms. The van der Waals surface area contributed by atoms with E-state index < -0.39 is 0 Å². The molecule has 0 unspecified atom stereocenters. The molecule has 358 valence electrons. The lowest BCUT2D eigenvalue weighted by atomic mass is 9.93. The molecular weight excluding hydrogens is 933 g/mol. The van der Waals surface area contributed by atoms with E-state index in [1.807, 2.05) is 30.3 Å². The highest BCUT2D eigenvalue weighted by molar-refractivity contribution is 6.21. The molecule has 0 amide bonds. The Hall–Kier alpha value is -9.85. The van der Waals surface area contributed by atoms with Crippen LogP contribution in [0, 0.1) is 0 Å². The van der Waals surface area contributed by atoms with Crippen molar-refractivity contribution in [2.24, 2.45) is 0 Å². The van der Waals surface area contributed by atoms with Crippen molar-refractivity contribution < 1.29 is 13.3 Å². The lowest BCUT2D eigenvalue weighted by molar-refractivity contribution is 0.669. The van der Waals surface area contributed by atoms with E-state index in [1.54, 1.807) is 0 Å². The van der Waals surface area contributed by atoms with Crippen molar-refractivity contribution >= 4 is 98.9 Å². The van der Waals surface area contributed by atoms with Crippen LogP contribution < -0.4 is 0 Å². The Morgan fingerprint density at radius 2 is 0.987 bits per heavy atom. The molecule has 14 aromatic rings. The Morgan fingerprint density at radius 3 is 1.83 bits per heavy atom. The van der Waals surface area contributed by atoms with Crippen molar-refractivity contribution in [3.05, 3.63) is 224 Å². The molecule has 0 aliphatic heterocycles. The molecule has 0 saturated heterocycles. The van der Waals surface area contributed by atoms with Crippen molar-refractivity contribution in [1.82, 2.24) is 19.5 Å². The number of benzene rings is 9. The van der Waals surface area contributed by atoms with Crippen LogP contribution in [0.1, 0.15) is 31.5 Å². The molecule has 0 spiro atoms. The Kier molecular flexibility index (Phi) is 9.45. The van der Waals surface area contributed by atoms with Gasteiger partial charge < -0.3 is 17.8 Å². The number of allylic oxidation sites excluding steroid dienone is 8. The van der Waals surface area contributed by atoms with Gasteiger partial charge in [-0.15, -0.1) is 0 Å². The van der Waals surface area contributed by atoms with E-state index in [-0.39, 0.29) is 0 Å². The predicted molar refractivity (Wildman–Crippen MR) is 311 cm³/mol. The summed E-state index contributed by atoms with van der Waals surface area (Å²) in [5.74, 6) is 1.80. The van der Waals surface area contributed by atoms with Gasteiger partial charge in [-0.1, -0.05) is 170 Å². The monoisotopic (exact) mass is 976 g/mol. The van der Waals surface area contributed by atoms with Crippen LogP contribution >= 0.6 is 0 Å². The number of hydrogen-bond donors (Lipinski definition) is 0. The largest absolute Gasteiger partial charge is 0.456 e. The Bertz CT molecular complexity index is 4880. The molecule has 2 aliphatic rings.